The maximum Gasteiger partial charge on any atom is 0.124 e. The van der Waals surface area contributed by atoms with Crippen molar-refractivity contribution in [3.05, 3.63) is 64.7 Å². The first kappa shape index (κ1) is 23.1. The summed E-state index contributed by atoms with van der Waals surface area (Å²) in [6.45, 7) is 4.77. The maximum atomic E-state index is 6.01. The van der Waals surface area contributed by atoms with Gasteiger partial charge in [0.15, 0.2) is 0 Å². The molecular formula is C20H27Cl3N2O. The van der Waals surface area contributed by atoms with Crippen LogP contribution >= 0.6 is 36.4 Å². The Labute approximate surface area is 173 Å². The molecule has 1 saturated heterocycles. The summed E-state index contributed by atoms with van der Waals surface area (Å²) in [5, 5.41) is 7.76. The average molecular weight is 418 g/mol. The van der Waals surface area contributed by atoms with E-state index in [-0.39, 0.29) is 24.8 Å². The summed E-state index contributed by atoms with van der Waals surface area (Å²) in [7, 11) is 0. The van der Waals surface area contributed by atoms with Gasteiger partial charge in [0, 0.05) is 17.1 Å². The fourth-order valence-electron chi connectivity index (χ4n) is 3.03. The Hall–Kier alpha value is -0.970. The number of nitrogens with one attached hydrogen (secondary N) is 2. The topological polar surface area (TPSA) is 33.3 Å². The van der Waals surface area contributed by atoms with Crippen LogP contribution < -0.4 is 15.4 Å². The average Bonchev–Trinajstić information content (AvgIpc) is 2.63. The normalized spacial score (nSPS) is 14.2. The third-order valence-corrected chi connectivity index (χ3v) is 4.74. The predicted molar refractivity (Wildman–Crippen MR) is 114 cm³/mol. The van der Waals surface area contributed by atoms with Gasteiger partial charge in [0.1, 0.15) is 12.4 Å². The second-order valence-electron chi connectivity index (χ2n) is 6.35. The van der Waals surface area contributed by atoms with E-state index >= 15 is 0 Å². The van der Waals surface area contributed by atoms with Crippen molar-refractivity contribution in [1.29, 1.82) is 0 Å². The van der Waals surface area contributed by atoms with E-state index in [1.165, 1.54) is 18.4 Å². The minimum atomic E-state index is 0. The molecule has 0 bridgehead atoms. The van der Waals surface area contributed by atoms with Crippen LogP contribution in [0.5, 0.6) is 5.75 Å². The highest BCUT2D eigenvalue weighted by molar-refractivity contribution is 6.30. The van der Waals surface area contributed by atoms with Gasteiger partial charge in [-0.1, -0.05) is 41.9 Å². The number of piperidine rings is 1. The SMILES string of the molecule is Cl.Cl.Clc1ccc(COc2ccccc2CNCC2CCNCC2)cc1. The number of rotatable bonds is 7. The molecule has 0 saturated carbocycles. The zero-order chi connectivity index (χ0) is 16.6. The largest absolute Gasteiger partial charge is 0.489 e. The van der Waals surface area contributed by atoms with Gasteiger partial charge in [-0.25, -0.2) is 0 Å². The fourth-order valence-corrected chi connectivity index (χ4v) is 3.16. The van der Waals surface area contributed by atoms with E-state index < -0.39 is 0 Å². The van der Waals surface area contributed by atoms with Crippen LogP contribution in [-0.4, -0.2) is 19.6 Å². The van der Waals surface area contributed by atoms with E-state index in [0.717, 1.165) is 48.4 Å². The Morgan fingerprint density at radius 1 is 1.00 bits per heavy atom. The molecule has 2 aromatic carbocycles. The van der Waals surface area contributed by atoms with E-state index in [2.05, 4.69) is 22.8 Å². The van der Waals surface area contributed by atoms with Gasteiger partial charge in [0.25, 0.3) is 0 Å². The maximum absolute atomic E-state index is 6.01. The van der Waals surface area contributed by atoms with E-state index in [1.807, 2.05) is 36.4 Å². The number of para-hydroxylation sites is 1. The van der Waals surface area contributed by atoms with Gasteiger partial charge >= 0.3 is 0 Å². The monoisotopic (exact) mass is 416 g/mol. The van der Waals surface area contributed by atoms with Crippen LogP contribution in [0.25, 0.3) is 0 Å². The third-order valence-electron chi connectivity index (χ3n) is 4.49. The summed E-state index contributed by atoms with van der Waals surface area (Å²) >= 11 is 5.92. The van der Waals surface area contributed by atoms with Crippen LogP contribution in [0, 0.1) is 5.92 Å². The second-order valence-corrected chi connectivity index (χ2v) is 6.78. The van der Waals surface area contributed by atoms with Gasteiger partial charge in [-0.3, -0.25) is 0 Å². The summed E-state index contributed by atoms with van der Waals surface area (Å²) in [4.78, 5) is 0. The van der Waals surface area contributed by atoms with Gasteiger partial charge in [-0.15, -0.1) is 24.8 Å². The van der Waals surface area contributed by atoms with Gasteiger partial charge in [-0.2, -0.15) is 0 Å². The van der Waals surface area contributed by atoms with Crippen LogP contribution in [0.15, 0.2) is 48.5 Å². The van der Waals surface area contributed by atoms with E-state index in [0.29, 0.717) is 6.61 Å². The molecule has 2 N–H and O–H groups in total. The zero-order valence-electron chi connectivity index (χ0n) is 14.7. The molecule has 0 atom stereocenters. The lowest BCUT2D eigenvalue weighted by molar-refractivity contribution is 0.301. The molecule has 3 rings (SSSR count). The molecule has 0 aliphatic carbocycles. The summed E-state index contributed by atoms with van der Waals surface area (Å²) in [6.07, 6.45) is 2.53. The predicted octanol–water partition coefficient (Wildman–Crippen LogP) is 4.85. The van der Waals surface area contributed by atoms with Crippen LogP contribution in [-0.2, 0) is 13.2 Å². The van der Waals surface area contributed by atoms with Crippen molar-refractivity contribution in [3.63, 3.8) is 0 Å². The van der Waals surface area contributed by atoms with Crippen LogP contribution in [0.3, 0.4) is 0 Å². The molecule has 1 aliphatic rings. The quantitative estimate of drug-likeness (QED) is 0.675. The highest BCUT2D eigenvalue weighted by Gasteiger charge is 2.12. The molecule has 0 aromatic heterocycles. The molecule has 1 aliphatic heterocycles. The lowest BCUT2D eigenvalue weighted by Crippen LogP contribution is -2.33. The van der Waals surface area contributed by atoms with Gasteiger partial charge in [0.05, 0.1) is 0 Å². The Kier molecular flexibility index (Phi) is 11.0. The summed E-state index contributed by atoms with van der Waals surface area (Å²) in [5.41, 5.74) is 2.33. The molecule has 144 valence electrons. The molecule has 0 radical (unpaired) electrons. The first-order valence-electron chi connectivity index (χ1n) is 8.68. The molecule has 0 amide bonds. The first-order valence-corrected chi connectivity index (χ1v) is 9.05. The van der Waals surface area contributed by atoms with Crippen LogP contribution in [0.2, 0.25) is 5.02 Å². The van der Waals surface area contributed by atoms with E-state index in [1.54, 1.807) is 0 Å². The highest BCUT2D eigenvalue weighted by Crippen LogP contribution is 2.20. The van der Waals surface area contributed by atoms with Crippen molar-refractivity contribution >= 4 is 36.4 Å². The Balaban J connectivity index is 0.00000169. The third kappa shape index (κ3) is 7.34. The molecule has 2 aromatic rings. The summed E-state index contributed by atoms with van der Waals surface area (Å²) < 4.78 is 6.01. The molecule has 0 unspecified atom stereocenters. The standard InChI is InChI=1S/C20H25ClN2O.2ClH/c21-19-7-5-17(6-8-19)15-24-20-4-2-1-3-18(20)14-23-13-16-9-11-22-12-10-16;;/h1-8,16,22-23H,9-15H2;2*1H. The highest BCUT2D eigenvalue weighted by atomic mass is 35.5. The molecule has 1 heterocycles. The Morgan fingerprint density at radius 3 is 2.42 bits per heavy atom. The lowest BCUT2D eigenvalue weighted by Gasteiger charge is -2.23. The smallest absolute Gasteiger partial charge is 0.124 e. The van der Waals surface area contributed by atoms with E-state index in [4.69, 9.17) is 16.3 Å². The number of halogens is 3. The van der Waals surface area contributed by atoms with Crippen molar-refractivity contribution in [2.24, 2.45) is 5.92 Å². The Morgan fingerprint density at radius 2 is 1.69 bits per heavy atom. The van der Waals surface area contributed by atoms with Crippen molar-refractivity contribution in [1.82, 2.24) is 10.6 Å². The van der Waals surface area contributed by atoms with Crippen LogP contribution in [0.1, 0.15) is 24.0 Å². The van der Waals surface area contributed by atoms with Gasteiger partial charge < -0.3 is 15.4 Å². The molecule has 6 heteroatoms. The number of benzene rings is 2. The summed E-state index contributed by atoms with van der Waals surface area (Å²) in [5.74, 6) is 1.73. The van der Waals surface area contributed by atoms with Crippen molar-refractivity contribution < 1.29 is 4.74 Å². The van der Waals surface area contributed by atoms with Gasteiger partial charge in [-0.05, 0) is 62.2 Å². The lowest BCUT2D eigenvalue weighted by atomic mass is 9.98. The second kappa shape index (κ2) is 12.4. The molecule has 3 nitrogen and oxygen atoms in total. The van der Waals surface area contributed by atoms with Crippen LogP contribution in [0.4, 0.5) is 0 Å². The first-order chi connectivity index (χ1) is 11.8. The summed E-state index contributed by atoms with van der Waals surface area (Å²) in [6, 6.07) is 16.0. The van der Waals surface area contributed by atoms with Crippen molar-refractivity contribution in [2.45, 2.75) is 26.0 Å². The van der Waals surface area contributed by atoms with Crippen molar-refractivity contribution in [2.75, 3.05) is 19.6 Å². The minimum Gasteiger partial charge on any atom is -0.489 e. The zero-order valence-corrected chi connectivity index (χ0v) is 17.1. The number of ether oxygens (including phenoxy) is 1. The fraction of sp³-hybridized carbons (Fsp3) is 0.400. The Bertz CT molecular complexity index is 631. The number of hydrogen-bond donors (Lipinski definition) is 2. The molecule has 26 heavy (non-hydrogen) atoms. The molecule has 0 spiro atoms. The molecule has 1 fully saturated rings. The minimum absolute atomic E-state index is 0. The van der Waals surface area contributed by atoms with Gasteiger partial charge in [0.2, 0.25) is 0 Å². The number of hydrogen-bond acceptors (Lipinski definition) is 3. The van der Waals surface area contributed by atoms with E-state index in [9.17, 15) is 0 Å². The molecular weight excluding hydrogens is 391 g/mol. The van der Waals surface area contributed by atoms with Crippen molar-refractivity contribution in [3.8, 4) is 5.75 Å².